The van der Waals surface area contributed by atoms with Crippen LogP contribution >= 0.6 is 0 Å². The van der Waals surface area contributed by atoms with Crippen molar-refractivity contribution < 1.29 is 4.92 Å². The summed E-state index contributed by atoms with van der Waals surface area (Å²) in [4.78, 5) is 10.2. The number of hydrogen-bond donors (Lipinski definition) is 1. The Labute approximate surface area is 101 Å². The topological polar surface area (TPSA) is 89.1 Å². The first-order valence-electron chi connectivity index (χ1n) is 5.31. The van der Waals surface area contributed by atoms with Crippen molar-refractivity contribution in [2.45, 2.75) is 6.92 Å². The average molecular weight is 243 g/mol. The quantitative estimate of drug-likeness (QED) is 0.550. The summed E-state index contributed by atoms with van der Waals surface area (Å²) < 4.78 is 1.75. The number of aromatic amines is 1. The van der Waals surface area contributed by atoms with E-state index in [0.29, 0.717) is 5.82 Å². The number of nitrogens with zero attached hydrogens (tertiary/aromatic N) is 4. The molecule has 0 aliphatic rings. The Morgan fingerprint density at radius 1 is 1.28 bits per heavy atom. The summed E-state index contributed by atoms with van der Waals surface area (Å²) in [5, 5.41) is 21.8. The summed E-state index contributed by atoms with van der Waals surface area (Å²) in [7, 11) is 0. The molecular formula is C11H9N5O2. The zero-order valence-corrected chi connectivity index (χ0v) is 9.49. The maximum absolute atomic E-state index is 10.6. The van der Waals surface area contributed by atoms with Crippen molar-refractivity contribution in [2.24, 2.45) is 0 Å². The minimum Gasteiger partial charge on any atom is -0.295 e. The van der Waals surface area contributed by atoms with Gasteiger partial charge in [-0.1, -0.05) is 0 Å². The number of nitro benzene ring substituents is 1. The molecule has 0 atom stereocenters. The molecule has 1 aromatic carbocycles. The molecule has 2 heterocycles. The SMILES string of the molecule is Cc1cc2nnc(-c3ccc([N+](=O)[O-])cc3)n2[nH]1. The van der Waals surface area contributed by atoms with Crippen LogP contribution in [0.2, 0.25) is 0 Å². The van der Waals surface area contributed by atoms with E-state index in [9.17, 15) is 10.1 Å². The fraction of sp³-hybridized carbons (Fsp3) is 0.0909. The fourth-order valence-electron chi connectivity index (χ4n) is 1.82. The van der Waals surface area contributed by atoms with Gasteiger partial charge in [0, 0.05) is 29.5 Å². The molecule has 1 N–H and O–H groups in total. The van der Waals surface area contributed by atoms with Crippen molar-refractivity contribution >= 4 is 11.3 Å². The normalized spacial score (nSPS) is 10.9. The van der Waals surface area contributed by atoms with Crippen molar-refractivity contribution in [3.63, 3.8) is 0 Å². The van der Waals surface area contributed by atoms with E-state index in [0.717, 1.165) is 16.9 Å². The van der Waals surface area contributed by atoms with Crippen LogP contribution in [0.25, 0.3) is 17.0 Å². The van der Waals surface area contributed by atoms with Crippen LogP contribution in [0.15, 0.2) is 30.3 Å². The number of nitro groups is 1. The van der Waals surface area contributed by atoms with Crippen molar-refractivity contribution in [3.05, 3.63) is 46.1 Å². The Balaban J connectivity index is 2.11. The van der Waals surface area contributed by atoms with Crippen LogP contribution in [0.4, 0.5) is 5.69 Å². The molecule has 0 saturated carbocycles. The molecule has 0 spiro atoms. The van der Waals surface area contributed by atoms with Gasteiger partial charge in [0.2, 0.25) is 0 Å². The number of hydrogen-bond acceptors (Lipinski definition) is 4. The van der Waals surface area contributed by atoms with Gasteiger partial charge in [0.05, 0.1) is 4.92 Å². The molecule has 0 bridgehead atoms. The predicted molar refractivity (Wildman–Crippen MR) is 64.2 cm³/mol. The van der Waals surface area contributed by atoms with Gasteiger partial charge in [-0.3, -0.25) is 15.2 Å². The van der Waals surface area contributed by atoms with Gasteiger partial charge in [0.15, 0.2) is 11.5 Å². The summed E-state index contributed by atoms with van der Waals surface area (Å²) in [6, 6.07) is 8.09. The fourth-order valence-corrected chi connectivity index (χ4v) is 1.82. The molecule has 0 unspecified atom stereocenters. The second kappa shape index (κ2) is 3.66. The molecule has 0 aliphatic heterocycles. The molecule has 90 valence electrons. The van der Waals surface area contributed by atoms with Crippen LogP contribution in [0.1, 0.15) is 5.69 Å². The summed E-state index contributed by atoms with van der Waals surface area (Å²) in [6.45, 7) is 1.92. The van der Waals surface area contributed by atoms with Gasteiger partial charge in [-0.25, -0.2) is 4.52 Å². The Hall–Kier alpha value is -2.70. The van der Waals surface area contributed by atoms with Gasteiger partial charge in [0.25, 0.3) is 5.69 Å². The lowest BCUT2D eigenvalue weighted by Crippen LogP contribution is -1.92. The van der Waals surface area contributed by atoms with E-state index in [1.54, 1.807) is 16.6 Å². The number of nitrogens with one attached hydrogen (secondary N) is 1. The van der Waals surface area contributed by atoms with E-state index in [-0.39, 0.29) is 5.69 Å². The second-order valence-electron chi connectivity index (χ2n) is 3.96. The summed E-state index contributed by atoms with van der Waals surface area (Å²) in [5.41, 5.74) is 2.53. The van der Waals surface area contributed by atoms with E-state index >= 15 is 0 Å². The van der Waals surface area contributed by atoms with E-state index < -0.39 is 4.92 Å². The molecule has 18 heavy (non-hydrogen) atoms. The smallest absolute Gasteiger partial charge is 0.269 e. The zero-order valence-electron chi connectivity index (χ0n) is 9.49. The van der Waals surface area contributed by atoms with Gasteiger partial charge < -0.3 is 0 Å². The van der Waals surface area contributed by atoms with Crippen LogP contribution in [-0.2, 0) is 0 Å². The lowest BCUT2D eigenvalue weighted by Gasteiger charge is -1.97. The van der Waals surface area contributed by atoms with Crippen LogP contribution in [0.5, 0.6) is 0 Å². The Morgan fingerprint density at radius 3 is 2.67 bits per heavy atom. The minimum absolute atomic E-state index is 0.0576. The maximum Gasteiger partial charge on any atom is 0.269 e. The lowest BCUT2D eigenvalue weighted by atomic mass is 10.2. The number of aromatic nitrogens is 4. The second-order valence-corrected chi connectivity index (χ2v) is 3.96. The van der Waals surface area contributed by atoms with E-state index in [1.165, 1.54) is 12.1 Å². The van der Waals surface area contributed by atoms with Crippen LogP contribution in [-0.4, -0.2) is 24.7 Å². The number of fused-ring (bicyclic) bond motifs is 1. The number of benzene rings is 1. The van der Waals surface area contributed by atoms with Crippen molar-refractivity contribution in [1.29, 1.82) is 0 Å². The predicted octanol–water partition coefficient (Wildman–Crippen LogP) is 1.94. The van der Waals surface area contributed by atoms with Gasteiger partial charge in [0.1, 0.15) is 0 Å². The molecule has 7 nitrogen and oxygen atoms in total. The first kappa shape index (κ1) is 10.5. The van der Waals surface area contributed by atoms with Crippen molar-refractivity contribution in [1.82, 2.24) is 19.8 Å². The molecule has 3 aromatic rings. The number of rotatable bonds is 2. The van der Waals surface area contributed by atoms with Crippen LogP contribution in [0, 0.1) is 17.0 Å². The third-order valence-corrected chi connectivity index (χ3v) is 2.66. The van der Waals surface area contributed by atoms with E-state index in [1.807, 2.05) is 13.0 Å². The van der Waals surface area contributed by atoms with Crippen LogP contribution < -0.4 is 0 Å². The first-order chi connectivity index (χ1) is 8.65. The van der Waals surface area contributed by atoms with E-state index in [4.69, 9.17) is 0 Å². The molecule has 0 fully saturated rings. The minimum atomic E-state index is -0.429. The van der Waals surface area contributed by atoms with Crippen LogP contribution in [0.3, 0.4) is 0 Å². The highest BCUT2D eigenvalue weighted by molar-refractivity contribution is 5.60. The summed E-state index contributed by atoms with van der Waals surface area (Å²) in [5.74, 6) is 0.632. The Bertz CT molecular complexity index is 726. The Morgan fingerprint density at radius 2 is 2.00 bits per heavy atom. The molecule has 2 aromatic heterocycles. The average Bonchev–Trinajstić information content (AvgIpc) is 2.88. The standard InChI is InChI=1S/C11H9N5O2/c1-7-6-10-12-13-11(15(10)14-7)8-2-4-9(5-3-8)16(17)18/h2-6,14H,1H3. The highest BCUT2D eigenvalue weighted by Gasteiger charge is 2.11. The van der Waals surface area contributed by atoms with Crippen molar-refractivity contribution in [2.75, 3.05) is 0 Å². The molecule has 0 aliphatic carbocycles. The van der Waals surface area contributed by atoms with Gasteiger partial charge >= 0.3 is 0 Å². The van der Waals surface area contributed by atoms with E-state index in [2.05, 4.69) is 15.3 Å². The zero-order chi connectivity index (χ0) is 12.7. The third kappa shape index (κ3) is 1.53. The highest BCUT2D eigenvalue weighted by atomic mass is 16.6. The highest BCUT2D eigenvalue weighted by Crippen LogP contribution is 2.21. The molecule has 7 heteroatoms. The summed E-state index contributed by atoms with van der Waals surface area (Å²) >= 11 is 0. The van der Waals surface area contributed by atoms with Gasteiger partial charge in [-0.15, -0.1) is 10.2 Å². The summed E-state index contributed by atoms with van der Waals surface area (Å²) in [6.07, 6.45) is 0. The number of aryl methyl sites for hydroxylation is 1. The Kier molecular flexibility index (Phi) is 2.12. The molecule has 0 radical (unpaired) electrons. The maximum atomic E-state index is 10.6. The largest absolute Gasteiger partial charge is 0.295 e. The third-order valence-electron chi connectivity index (χ3n) is 2.66. The lowest BCUT2D eigenvalue weighted by molar-refractivity contribution is -0.384. The monoisotopic (exact) mass is 243 g/mol. The molecular weight excluding hydrogens is 234 g/mol. The molecule has 0 saturated heterocycles. The number of non-ortho nitro benzene ring substituents is 1. The van der Waals surface area contributed by atoms with Gasteiger partial charge in [-0.05, 0) is 19.1 Å². The van der Waals surface area contributed by atoms with Crippen molar-refractivity contribution in [3.8, 4) is 11.4 Å². The van der Waals surface area contributed by atoms with Gasteiger partial charge in [-0.2, -0.15) is 0 Å². The number of H-pyrrole nitrogens is 1. The first-order valence-corrected chi connectivity index (χ1v) is 5.31. The molecule has 0 amide bonds. The molecule has 3 rings (SSSR count).